The van der Waals surface area contributed by atoms with Crippen molar-refractivity contribution >= 4 is 17.4 Å². The zero-order chi connectivity index (χ0) is 15.3. The van der Waals surface area contributed by atoms with Crippen LogP contribution in [0.2, 0.25) is 0 Å². The van der Waals surface area contributed by atoms with Gasteiger partial charge in [0.25, 0.3) is 5.69 Å². The first-order valence-electron chi connectivity index (χ1n) is 5.60. The van der Waals surface area contributed by atoms with Gasteiger partial charge in [0.05, 0.1) is 11.5 Å². The van der Waals surface area contributed by atoms with Crippen molar-refractivity contribution in [2.45, 2.75) is 19.3 Å². The number of non-ortho nitro benzene ring substituents is 1. The summed E-state index contributed by atoms with van der Waals surface area (Å²) in [6.45, 7) is 1.46. The highest BCUT2D eigenvalue weighted by atomic mass is 19.3. The van der Waals surface area contributed by atoms with Crippen molar-refractivity contribution in [3.63, 3.8) is 0 Å². The number of carbonyl (C=O) groups excluding carboxylic acids is 2. The van der Waals surface area contributed by atoms with E-state index in [4.69, 9.17) is 0 Å². The lowest BCUT2D eigenvalue weighted by Gasteiger charge is -2.14. The number of hydrogen-bond donors (Lipinski definition) is 0. The molecule has 0 radical (unpaired) electrons. The Morgan fingerprint density at radius 3 is 2.30 bits per heavy atom. The first-order chi connectivity index (χ1) is 9.28. The molecule has 0 N–H and O–H groups in total. The van der Waals surface area contributed by atoms with Crippen molar-refractivity contribution in [3.8, 4) is 0 Å². The van der Waals surface area contributed by atoms with Gasteiger partial charge in [-0.1, -0.05) is 0 Å². The summed E-state index contributed by atoms with van der Waals surface area (Å²) >= 11 is 0. The largest absolute Gasteiger partial charge is 0.466 e. The molecule has 0 fully saturated rings. The molecule has 0 aliphatic heterocycles. The fourth-order valence-electron chi connectivity index (χ4n) is 1.41. The maximum absolute atomic E-state index is 13.8. The molecule has 1 aromatic rings. The first-order valence-corrected chi connectivity index (χ1v) is 5.60. The van der Waals surface area contributed by atoms with Crippen molar-refractivity contribution in [1.82, 2.24) is 0 Å². The van der Waals surface area contributed by atoms with E-state index in [9.17, 15) is 28.5 Å². The molecule has 0 bridgehead atoms. The first kappa shape index (κ1) is 15.7. The second-order valence-corrected chi connectivity index (χ2v) is 3.78. The highest BCUT2D eigenvalue weighted by molar-refractivity contribution is 5.99. The Labute approximate surface area is 112 Å². The van der Waals surface area contributed by atoms with Crippen LogP contribution < -0.4 is 0 Å². The van der Waals surface area contributed by atoms with Crippen LogP contribution in [0.5, 0.6) is 0 Å². The predicted molar refractivity (Wildman–Crippen MR) is 63.2 cm³/mol. The predicted octanol–water partition coefficient (Wildman–Crippen LogP) is 2.21. The number of nitrogens with zero attached hydrogens (tertiary/aromatic N) is 1. The number of hydrogen-bond acceptors (Lipinski definition) is 5. The van der Waals surface area contributed by atoms with E-state index in [2.05, 4.69) is 4.74 Å². The van der Waals surface area contributed by atoms with Crippen molar-refractivity contribution in [3.05, 3.63) is 39.9 Å². The minimum Gasteiger partial charge on any atom is -0.466 e. The van der Waals surface area contributed by atoms with Crippen molar-refractivity contribution < 1.29 is 28.0 Å². The fourth-order valence-corrected chi connectivity index (χ4v) is 1.41. The zero-order valence-electron chi connectivity index (χ0n) is 10.5. The minimum atomic E-state index is -3.90. The number of benzene rings is 1. The summed E-state index contributed by atoms with van der Waals surface area (Å²) in [6.07, 6.45) is -1.06. The number of rotatable bonds is 6. The van der Waals surface area contributed by atoms with Crippen LogP contribution in [-0.2, 0) is 20.2 Å². The van der Waals surface area contributed by atoms with Gasteiger partial charge in [0.15, 0.2) is 0 Å². The van der Waals surface area contributed by atoms with E-state index in [0.29, 0.717) is 0 Å². The van der Waals surface area contributed by atoms with E-state index in [1.54, 1.807) is 0 Å². The lowest BCUT2D eigenvalue weighted by atomic mass is 10.0. The molecule has 0 unspecified atom stereocenters. The van der Waals surface area contributed by atoms with Gasteiger partial charge in [-0.2, -0.15) is 8.78 Å². The van der Waals surface area contributed by atoms with Gasteiger partial charge in [0.2, 0.25) is 5.78 Å². The van der Waals surface area contributed by atoms with Gasteiger partial charge in [0, 0.05) is 17.7 Å². The molecule has 108 valence electrons. The van der Waals surface area contributed by atoms with Crippen LogP contribution in [0.25, 0.3) is 0 Å². The van der Waals surface area contributed by atoms with E-state index in [1.165, 1.54) is 6.92 Å². The summed E-state index contributed by atoms with van der Waals surface area (Å²) in [5.41, 5.74) is -1.08. The molecular formula is C12H11F2NO5. The Balaban J connectivity index is 2.89. The van der Waals surface area contributed by atoms with Crippen molar-refractivity contribution in [2.24, 2.45) is 0 Å². The van der Waals surface area contributed by atoms with Gasteiger partial charge < -0.3 is 4.74 Å². The second-order valence-electron chi connectivity index (χ2n) is 3.78. The number of nitro groups is 1. The average Bonchev–Trinajstić information content (AvgIpc) is 2.38. The number of Topliss-reactive ketones (excluding diaryl/α,β-unsaturated/α-hetero) is 1. The SMILES string of the molecule is CCOC(=O)CC(=O)C(F)(F)c1ccc([N+](=O)[O-])cc1. The molecule has 0 aliphatic carbocycles. The van der Waals surface area contributed by atoms with Crippen LogP contribution in [-0.4, -0.2) is 23.3 Å². The monoisotopic (exact) mass is 287 g/mol. The maximum Gasteiger partial charge on any atom is 0.331 e. The molecular weight excluding hydrogens is 276 g/mol. The van der Waals surface area contributed by atoms with Gasteiger partial charge in [-0.3, -0.25) is 19.7 Å². The number of nitro benzene ring substituents is 1. The van der Waals surface area contributed by atoms with Gasteiger partial charge in [-0.05, 0) is 19.1 Å². The number of esters is 1. The number of carbonyl (C=O) groups is 2. The molecule has 0 saturated carbocycles. The zero-order valence-corrected chi connectivity index (χ0v) is 10.5. The highest BCUT2D eigenvalue weighted by Crippen LogP contribution is 2.31. The molecule has 0 aliphatic rings. The van der Waals surface area contributed by atoms with Crippen molar-refractivity contribution in [1.29, 1.82) is 0 Å². The number of ether oxygens (including phenoxy) is 1. The molecule has 8 heteroatoms. The Bertz CT molecular complexity index is 527. The molecule has 6 nitrogen and oxygen atoms in total. The molecule has 0 aromatic heterocycles. The van der Waals surface area contributed by atoms with Gasteiger partial charge in [0.1, 0.15) is 6.42 Å². The van der Waals surface area contributed by atoms with E-state index < -0.39 is 34.6 Å². The maximum atomic E-state index is 13.8. The van der Waals surface area contributed by atoms with E-state index in [-0.39, 0.29) is 12.3 Å². The smallest absolute Gasteiger partial charge is 0.331 e. The van der Waals surface area contributed by atoms with E-state index in [1.807, 2.05) is 0 Å². The van der Waals surface area contributed by atoms with Gasteiger partial charge in [-0.15, -0.1) is 0 Å². The van der Waals surface area contributed by atoms with Crippen LogP contribution in [0.4, 0.5) is 14.5 Å². The lowest BCUT2D eigenvalue weighted by molar-refractivity contribution is -0.384. The number of halogens is 2. The van der Waals surface area contributed by atoms with E-state index >= 15 is 0 Å². The molecule has 0 atom stereocenters. The molecule has 1 rings (SSSR count). The normalized spacial score (nSPS) is 10.9. The summed E-state index contributed by atoms with van der Waals surface area (Å²) < 4.78 is 31.9. The summed E-state index contributed by atoms with van der Waals surface area (Å²) in [6, 6.07) is 3.28. The Morgan fingerprint density at radius 2 is 1.85 bits per heavy atom. The Kier molecular flexibility index (Phi) is 4.84. The van der Waals surface area contributed by atoms with Crippen molar-refractivity contribution in [2.75, 3.05) is 6.61 Å². The third kappa shape index (κ3) is 3.56. The molecule has 1 aromatic carbocycles. The quantitative estimate of drug-likeness (QED) is 0.346. The summed E-state index contributed by atoms with van der Waals surface area (Å²) in [5.74, 6) is -6.56. The second kappa shape index (κ2) is 6.18. The summed E-state index contributed by atoms with van der Waals surface area (Å²) in [4.78, 5) is 32.0. The third-order valence-corrected chi connectivity index (χ3v) is 2.40. The molecule has 0 saturated heterocycles. The molecule has 0 heterocycles. The van der Waals surface area contributed by atoms with Gasteiger partial charge >= 0.3 is 11.9 Å². The van der Waals surface area contributed by atoms with E-state index in [0.717, 1.165) is 24.3 Å². The van der Waals surface area contributed by atoms with Crippen LogP contribution in [0.1, 0.15) is 18.9 Å². The van der Waals surface area contributed by atoms with Crippen LogP contribution in [0.3, 0.4) is 0 Å². The van der Waals surface area contributed by atoms with Crippen LogP contribution in [0, 0.1) is 10.1 Å². The number of alkyl halides is 2. The Morgan fingerprint density at radius 1 is 1.30 bits per heavy atom. The molecule has 20 heavy (non-hydrogen) atoms. The summed E-state index contributed by atoms with van der Waals surface area (Å²) in [7, 11) is 0. The highest BCUT2D eigenvalue weighted by Gasteiger charge is 2.41. The topological polar surface area (TPSA) is 86.5 Å². The standard InChI is InChI=1S/C12H11F2NO5/c1-2-20-11(17)7-10(16)12(13,14)8-3-5-9(6-4-8)15(18)19/h3-6H,2,7H2,1H3. The minimum absolute atomic E-state index is 0.0186. The van der Waals surface area contributed by atoms with Crippen LogP contribution in [0.15, 0.2) is 24.3 Å². The lowest BCUT2D eigenvalue weighted by Crippen LogP contribution is -2.28. The van der Waals surface area contributed by atoms with Gasteiger partial charge in [-0.25, -0.2) is 0 Å². The average molecular weight is 287 g/mol. The fraction of sp³-hybridized carbons (Fsp3) is 0.333. The third-order valence-electron chi connectivity index (χ3n) is 2.40. The summed E-state index contributed by atoms with van der Waals surface area (Å²) in [5, 5.41) is 10.4. The van der Waals surface area contributed by atoms with Crippen LogP contribution >= 0.6 is 0 Å². The molecule has 0 amide bonds. The molecule has 0 spiro atoms. The number of ketones is 1. The Hall–Kier alpha value is -2.38.